The van der Waals surface area contributed by atoms with E-state index >= 15 is 0 Å². The number of rotatable bonds is 7. The first kappa shape index (κ1) is 16.4. The Balaban J connectivity index is 1.79. The molecule has 0 radical (unpaired) electrons. The van der Waals surface area contributed by atoms with Gasteiger partial charge in [0.05, 0.1) is 12.8 Å². The van der Waals surface area contributed by atoms with Gasteiger partial charge in [-0.3, -0.25) is 15.6 Å². The molecule has 2 N–H and O–H groups in total. The van der Waals surface area contributed by atoms with E-state index in [0.29, 0.717) is 5.70 Å². The van der Waals surface area contributed by atoms with Crippen LogP contribution in [0.15, 0.2) is 55.1 Å². The first-order valence-corrected chi connectivity index (χ1v) is 6.85. The molecule has 0 unspecified atom stereocenters. The lowest BCUT2D eigenvalue weighted by Crippen LogP contribution is -2.39. The fraction of sp³-hybridized carbons (Fsp3) is 0.118. The van der Waals surface area contributed by atoms with Crippen LogP contribution in [-0.4, -0.2) is 19.6 Å². The number of para-hydroxylation sites is 1. The van der Waals surface area contributed by atoms with Gasteiger partial charge in [0, 0.05) is 0 Å². The fourth-order valence-corrected chi connectivity index (χ4v) is 1.75. The minimum absolute atomic E-state index is 0.0247. The average Bonchev–Trinajstić information content (AvgIpc) is 2.59. The van der Waals surface area contributed by atoms with Crippen LogP contribution in [0.2, 0.25) is 0 Å². The lowest BCUT2D eigenvalue weighted by Gasteiger charge is -2.12. The minimum Gasteiger partial charge on any atom is -0.497 e. The maximum Gasteiger partial charge on any atom is 0.276 e. The fourth-order valence-electron chi connectivity index (χ4n) is 1.75. The Labute approximate surface area is 133 Å². The average molecular weight is 316 g/mol. The standard InChI is InChI=1S/C17H17FN2O3/c1-12(13-7-9-14(22-2)10-8-13)19-20-17(21)11-23-16-6-4-3-5-15(16)18/h3-10,19H,1,11H2,2H3,(H,20,21). The Morgan fingerprint density at radius 1 is 1.13 bits per heavy atom. The summed E-state index contributed by atoms with van der Waals surface area (Å²) in [6.45, 7) is 3.50. The van der Waals surface area contributed by atoms with E-state index < -0.39 is 11.7 Å². The topological polar surface area (TPSA) is 59.6 Å². The molecule has 120 valence electrons. The molecule has 1 amide bonds. The van der Waals surface area contributed by atoms with Gasteiger partial charge in [-0.05, 0) is 42.0 Å². The molecule has 0 aliphatic rings. The zero-order chi connectivity index (χ0) is 16.7. The number of halogens is 1. The molecule has 0 aliphatic carbocycles. The van der Waals surface area contributed by atoms with Gasteiger partial charge in [-0.2, -0.15) is 0 Å². The monoisotopic (exact) mass is 316 g/mol. The summed E-state index contributed by atoms with van der Waals surface area (Å²) in [5.74, 6) is -0.223. The Morgan fingerprint density at radius 2 is 1.83 bits per heavy atom. The molecule has 2 rings (SSSR count). The number of nitrogens with one attached hydrogen (secondary N) is 2. The number of carbonyl (C=O) groups is 1. The molecule has 0 aromatic heterocycles. The van der Waals surface area contributed by atoms with Crippen LogP contribution >= 0.6 is 0 Å². The van der Waals surface area contributed by atoms with Crippen LogP contribution in [0.1, 0.15) is 5.56 Å². The van der Waals surface area contributed by atoms with Gasteiger partial charge in [-0.1, -0.05) is 18.7 Å². The summed E-state index contributed by atoms with van der Waals surface area (Å²) >= 11 is 0. The number of ether oxygens (including phenoxy) is 2. The summed E-state index contributed by atoms with van der Waals surface area (Å²) in [5.41, 5.74) is 6.41. The molecular weight excluding hydrogens is 299 g/mol. The molecule has 0 heterocycles. The molecule has 0 bridgehead atoms. The minimum atomic E-state index is -0.518. The molecular formula is C17H17FN2O3. The van der Waals surface area contributed by atoms with Crippen LogP contribution in [0.3, 0.4) is 0 Å². The molecule has 0 saturated carbocycles. The predicted octanol–water partition coefficient (Wildman–Crippen LogP) is 2.50. The molecule has 0 saturated heterocycles. The van der Waals surface area contributed by atoms with Crippen molar-refractivity contribution in [3.63, 3.8) is 0 Å². The highest BCUT2D eigenvalue weighted by Crippen LogP contribution is 2.16. The normalized spacial score (nSPS) is 9.83. The van der Waals surface area contributed by atoms with E-state index in [2.05, 4.69) is 17.4 Å². The third-order valence-corrected chi connectivity index (χ3v) is 2.99. The lowest BCUT2D eigenvalue weighted by molar-refractivity contribution is -0.123. The summed E-state index contributed by atoms with van der Waals surface area (Å²) in [7, 11) is 1.58. The molecule has 23 heavy (non-hydrogen) atoms. The molecule has 0 spiro atoms. The van der Waals surface area contributed by atoms with Gasteiger partial charge in [-0.15, -0.1) is 0 Å². The Kier molecular flexibility index (Phi) is 5.57. The number of hydrogen-bond acceptors (Lipinski definition) is 4. The Morgan fingerprint density at radius 3 is 2.48 bits per heavy atom. The zero-order valence-electron chi connectivity index (χ0n) is 12.6. The number of amides is 1. The van der Waals surface area contributed by atoms with Crippen LogP contribution in [0, 0.1) is 5.82 Å². The summed E-state index contributed by atoms with van der Waals surface area (Å²) in [4.78, 5) is 11.7. The number of benzene rings is 2. The van der Waals surface area contributed by atoms with Crippen molar-refractivity contribution in [2.24, 2.45) is 0 Å². The van der Waals surface area contributed by atoms with Crippen LogP contribution < -0.4 is 20.3 Å². The molecule has 2 aromatic rings. The van der Waals surface area contributed by atoms with Crippen LogP contribution in [0.25, 0.3) is 5.70 Å². The number of hydrazine groups is 1. The molecule has 0 aliphatic heterocycles. The molecule has 0 atom stereocenters. The van der Waals surface area contributed by atoms with Crippen molar-refractivity contribution < 1.29 is 18.7 Å². The van der Waals surface area contributed by atoms with E-state index in [1.54, 1.807) is 43.5 Å². The SMILES string of the molecule is C=C(NNC(=O)COc1ccccc1F)c1ccc(OC)cc1. The highest BCUT2D eigenvalue weighted by molar-refractivity contribution is 5.78. The number of hydrogen-bond donors (Lipinski definition) is 2. The van der Waals surface area contributed by atoms with Gasteiger partial charge in [0.2, 0.25) is 0 Å². The summed E-state index contributed by atoms with van der Waals surface area (Å²) in [6.07, 6.45) is 0. The number of methoxy groups -OCH3 is 1. The third-order valence-electron chi connectivity index (χ3n) is 2.99. The molecule has 5 nitrogen and oxygen atoms in total. The van der Waals surface area contributed by atoms with Crippen molar-refractivity contribution in [3.05, 3.63) is 66.5 Å². The quantitative estimate of drug-likeness (QED) is 0.771. The lowest BCUT2D eigenvalue weighted by atomic mass is 10.2. The van der Waals surface area contributed by atoms with Gasteiger partial charge in [0.15, 0.2) is 18.2 Å². The van der Waals surface area contributed by atoms with Crippen LogP contribution in [0.5, 0.6) is 11.5 Å². The van der Waals surface area contributed by atoms with E-state index in [4.69, 9.17) is 9.47 Å². The van der Waals surface area contributed by atoms with Gasteiger partial charge < -0.3 is 9.47 Å². The second-order valence-electron chi connectivity index (χ2n) is 4.60. The van der Waals surface area contributed by atoms with Gasteiger partial charge in [-0.25, -0.2) is 4.39 Å². The zero-order valence-corrected chi connectivity index (χ0v) is 12.6. The maximum atomic E-state index is 13.3. The van der Waals surface area contributed by atoms with Crippen molar-refractivity contribution >= 4 is 11.6 Å². The summed E-state index contributed by atoms with van der Waals surface area (Å²) in [6, 6.07) is 13.1. The van der Waals surface area contributed by atoms with E-state index in [0.717, 1.165) is 11.3 Å². The molecule has 0 fully saturated rings. The summed E-state index contributed by atoms with van der Waals surface area (Å²) < 4.78 is 23.5. The van der Waals surface area contributed by atoms with Crippen LogP contribution in [0.4, 0.5) is 4.39 Å². The van der Waals surface area contributed by atoms with E-state index in [1.807, 2.05) is 0 Å². The van der Waals surface area contributed by atoms with E-state index in [-0.39, 0.29) is 12.4 Å². The van der Waals surface area contributed by atoms with E-state index in [1.165, 1.54) is 12.1 Å². The van der Waals surface area contributed by atoms with Crippen molar-refractivity contribution in [1.29, 1.82) is 0 Å². The first-order valence-electron chi connectivity index (χ1n) is 6.85. The van der Waals surface area contributed by atoms with Gasteiger partial charge in [0.25, 0.3) is 5.91 Å². The summed E-state index contributed by atoms with van der Waals surface area (Å²) in [5, 5.41) is 0. The van der Waals surface area contributed by atoms with Crippen molar-refractivity contribution in [1.82, 2.24) is 10.9 Å². The highest BCUT2D eigenvalue weighted by atomic mass is 19.1. The second-order valence-corrected chi connectivity index (χ2v) is 4.60. The van der Waals surface area contributed by atoms with Crippen LogP contribution in [-0.2, 0) is 4.79 Å². The molecule has 2 aromatic carbocycles. The number of carbonyl (C=O) groups excluding carboxylic acids is 1. The highest BCUT2D eigenvalue weighted by Gasteiger charge is 2.06. The maximum absolute atomic E-state index is 13.3. The van der Waals surface area contributed by atoms with Gasteiger partial charge in [0.1, 0.15) is 5.75 Å². The Hall–Kier alpha value is -3.02. The predicted molar refractivity (Wildman–Crippen MR) is 85.2 cm³/mol. The van der Waals surface area contributed by atoms with Gasteiger partial charge >= 0.3 is 0 Å². The first-order chi connectivity index (χ1) is 11.1. The molecule has 6 heteroatoms. The third kappa shape index (κ3) is 4.74. The Bertz CT molecular complexity index is 686. The second kappa shape index (κ2) is 7.84. The van der Waals surface area contributed by atoms with Crippen molar-refractivity contribution in [2.75, 3.05) is 13.7 Å². The van der Waals surface area contributed by atoms with E-state index in [9.17, 15) is 9.18 Å². The largest absolute Gasteiger partial charge is 0.497 e. The van der Waals surface area contributed by atoms with Crippen molar-refractivity contribution in [3.8, 4) is 11.5 Å². The van der Waals surface area contributed by atoms with Crippen molar-refractivity contribution in [2.45, 2.75) is 0 Å². The smallest absolute Gasteiger partial charge is 0.276 e.